The third-order valence-corrected chi connectivity index (χ3v) is 2.83. The largest absolute Gasteiger partial charge is 0.340 e. The first-order chi connectivity index (χ1) is 6.67. The average Bonchev–Trinajstić information content (AvgIpc) is 2.19. The molecule has 0 rings (SSSR count). The number of halogens is 1. The van der Waals surface area contributed by atoms with E-state index in [9.17, 15) is 4.79 Å². The van der Waals surface area contributed by atoms with Gasteiger partial charge < -0.3 is 4.90 Å². The third-order valence-electron chi connectivity index (χ3n) is 2.56. The molecule has 84 valence electrons. The van der Waals surface area contributed by atoms with E-state index in [0.29, 0.717) is 18.3 Å². The number of nitrogens with zero attached hydrogens (tertiary/aromatic N) is 1. The monoisotopic (exact) mass is 219 g/mol. The van der Waals surface area contributed by atoms with Crippen LogP contribution in [0.1, 0.15) is 46.5 Å². The highest BCUT2D eigenvalue weighted by Crippen LogP contribution is 2.08. The van der Waals surface area contributed by atoms with Gasteiger partial charge in [-0.25, -0.2) is 0 Å². The molecule has 14 heavy (non-hydrogen) atoms. The molecule has 0 aliphatic heterocycles. The Labute approximate surface area is 92.6 Å². The topological polar surface area (TPSA) is 20.3 Å². The average molecular weight is 220 g/mol. The summed E-state index contributed by atoms with van der Waals surface area (Å²) in [6, 6.07) is 0.364. The summed E-state index contributed by atoms with van der Waals surface area (Å²) < 4.78 is 0. The number of unbranched alkanes of at least 4 members (excludes halogenated alkanes) is 1. The Balaban J connectivity index is 3.91. The number of carbonyl (C=O) groups excluding carboxylic acids is 1. The minimum absolute atomic E-state index is 0.270. The highest BCUT2D eigenvalue weighted by atomic mass is 35.5. The quantitative estimate of drug-likeness (QED) is 0.476. The molecule has 3 heteroatoms. The second kappa shape index (κ2) is 8.10. The van der Waals surface area contributed by atoms with Crippen molar-refractivity contribution in [3.05, 3.63) is 0 Å². The summed E-state index contributed by atoms with van der Waals surface area (Å²) in [5.74, 6) is 0.926. The van der Waals surface area contributed by atoms with Crippen LogP contribution in [0.2, 0.25) is 0 Å². The van der Waals surface area contributed by atoms with Crippen LogP contribution < -0.4 is 0 Å². The van der Waals surface area contributed by atoms with E-state index >= 15 is 0 Å². The van der Waals surface area contributed by atoms with Gasteiger partial charge in [-0.3, -0.25) is 4.79 Å². The molecule has 0 aromatic rings. The smallest absolute Gasteiger partial charge is 0.222 e. The predicted molar refractivity (Wildman–Crippen MR) is 61.7 cm³/mol. The number of rotatable bonds is 7. The molecule has 0 heterocycles. The van der Waals surface area contributed by atoms with Crippen LogP contribution in [0.4, 0.5) is 0 Å². The molecule has 0 aromatic heterocycles. The lowest BCUT2D eigenvalue weighted by atomic mass is 10.1. The van der Waals surface area contributed by atoms with Crippen LogP contribution in [-0.4, -0.2) is 29.3 Å². The molecular weight excluding hydrogens is 198 g/mol. The molecule has 0 saturated carbocycles. The van der Waals surface area contributed by atoms with Gasteiger partial charge in [0.05, 0.1) is 0 Å². The lowest BCUT2D eigenvalue weighted by molar-refractivity contribution is -0.133. The van der Waals surface area contributed by atoms with E-state index in [1.165, 1.54) is 0 Å². The molecule has 0 saturated heterocycles. The standard InChI is InChI=1S/C11H22ClNO/c1-4-10(3)13(5-2)11(14)8-6-7-9-12/h10H,4-9H2,1-3H3. The van der Waals surface area contributed by atoms with E-state index in [4.69, 9.17) is 11.6 Å². The Morgan fingerprint density at radius 3 is 2.43 bits per heavy atom. The Kier molecular flexibility index (Phi) is 7.96. The molecule has 0 aliphatic carbocycles. The van der Waals surface area contributed by atoms with Gasteiger partial charge in [0.1, 0.15) is 0 Å². The van der Waals surface area contributed by atoms with Crippen molar-refractivity contribution < 1.29 is 4.79 Å². The number of carbonyl (C=O) groups is 1. The van der Waals surface area contributed by atoms with Gasteiger partial charge in [-0.1, -0.05) is 6.92 Å². The van der Waals surface area contributed by atoms with Gasteiger partial charge in [0, 0.05) is 24.9 Å². The fourth-order valence-electron chi connectivity index (χ4n) is 1.47. The van der Waals surface area contributed by atoms with E-state index in [1.54, 1.807) is 0 Å². The maximum absolute atomic E-state index is 11.7. The van der Waals surface area contributed by atoms with Gasteiger partial charge in [-0.05, 0) is 33.1 Å². The van der Waals surface area contributed by atoms with Gasteiger partial charge in [-0.2, -0.15) is 0 Å². The van der Waals surface area contributed by atoms with Crippen LogP contribution in [0.25, 0.3) is 0 Å². The third kappa shape index (κ3) is 4.85. The molecule has 0 radical (unpaired) electrons. The first-order valence-electron chi connectivity index (χ1n) is 5.52. The van der Waals surface area contributed by atoms with Crippen molar-refractivity contribution in [2.24, 2.45) is 0 Å². The minimum Gasteiger partial charge on any atom is -0.340 e. The summed E-state index contributed by atoms with van der Waals surface area (Å²) in [4.78, 5) is 13.7. The first kappa shape index (κ1) is 13.8. The van der Waals surface area contributed by atoms with E-state index in [-0.39, 0.29) is 5.91 Å². The molecular formula is C11H22ClNO. The fourth-order valence-corrected chi connectivity index (χ4v) is 1.66. The van der Waals surface area contributed by atoms with Crippen molar-refractivity contribution >= 4 is 17.5 Å². The highest BCUT2D eigenvalue weighted by molar-refractivity contribution is 6.17. The summed E-state index contributed by atoms with van der Waals surface area (Å²) in [5, 5.41) is 0. The van der Waals surface area contributed by atoms with Crippen LogP contribution in [0, 0.1) is 0 Å². The van der Waals surface area contributed by atoms with E-state index in [1.807, 2.05) is 11.8 Å². The molecule has 0 bridgehead atoms. The van der Waals surface area contributed by atoms with Gasteiger partial charge in [0.2, 0.25) is 5.91 Å². The van der Waals surface area contributed by atoms with Crippen molar-refractivity contribution in [1.82, 2.24) is 4.90 Å². The summed E-state index contributed by atoms with van der Waals surface area (Å²) in [5.41, 5.74) is 0. The molecule has 0 aromatic carbocycles. The zero-order valence-electron chi connectivity index (χ0n) is 9.55. The van der Waals surface area contributed by atoms with Gasteiger partial charge in [-0.15, -0.1) is 11.6 Å². The number of hydrogen-bond donors (Lipinski definition) is 0. The molecule has 0 fully saturated rings. The molecule has 1 amide bonds. The predicted octanol–water partition coefficient (Wildman–Crippen LogP) is 3.04. The van der Waals surface area contributed by atoms with Crippen LogP contribution in [0.15, 0.2) is 0 Å². The lowest BCUT2D eigenvalue weighted by Gasteiger charge is -2.27. The van der Waals surface area contributed by atoms with Crippen molar-refractivity contribution in [1.29, 1.82) is 0 Å². The van der Waals surface area contributed by atoms with E-state index < -0.39 is 0 Å². The van der Waals surface area contributed by atoms with E-state index in [0.717, 1.165) is 25.8 Å². The van der Waals surface area contributed by atoms with Crippen LogP contribution in [0.3, 0.4) is 0 Å². The maximum Gasteiger partial charge on any atom is 0.222 e. The van der Waals surface area contributed by atoms with Crippen LogP contribution in [-0.2, 0) is 4.79 Å². The molecule has 0 N–H and O–H groups in total. The molecule has 0 spiro atoms. The zero-order chi connectivity index (χ0) is 11.0. The Bertz CT molecular complexity index is 161. The lowest BCUT2D eigenvalue weighted by Crippen LogP contribution is -2.37. The Hall–Kier alpha value is -0.240. The molecule has 0 aliphatic rings. The number of alkyl halides is 1. The summed E-state index contributed by atoms with van der Waals surface area (Å²) in [7, 11) is 0. The summed E-state index contributed by atoms with van der Waals surface area (Å²) in [6.07, 6.45) is 3.51. The SMILES string of the molecule is CCC(C)N(CC)C(=O)CCCCCl. The van der Waals surface area contributed by atoms with Crippen LogP contribution in [0.5, 0.6) is 0 Å². The molecule has 1 unspecified atom stereocenters. The second-order valence-corrected chi connectivity index (χ2v) is 3.96. The maximum atomic E-state index is 11.7. The van der Waals surface area contributed by atoms with Crippen molar-refractivity contribution in [3.8, 4) is 0 Å². The highest BCUT2D eigenvalue weighted by Gasteiger charge is 2.15. The molecule has 1 atom stereocenters. The zero-order valence-corrected chi connectivity index (χ0v) is 10.3. The van der Waals surface area contributed by atoms with Gasteiger partial charge in [0.15, 0.2) is 0 Å². The second-order valence-electron chi connectivity index (χ2n) is 3.58. The normalized spacial score (nSPS) is 12.6. The van der Waals surface area contributed by atoms with Gasteiger partial charge in [0.25, 0.3) is 0 Å². The van der Waals surface area contributed by atoms with Crippen LogP contribution >= 0.6 is 11.6 Å². The fraction of sp³-hybridized carbons (Fsp3) is 0.909. The van der Waals surface area contributed by atoms with Crippen molar-refractivity contribution in [2.75, 3.05) is 12.4 Å². The summed E-state index contributed by atoms with van der Waals surface area (Å²) in [6.45, 7) is 7.06. The number of amides is 1. The summed E-state index contributed by atoms with van der Waals surface area (Å²) >= 11 is 5.56. The van der Waals surface area contributed by atoms with Crippen molar-refractivity contribution in [3.63, 3.8) is 0 Å². The Morgan fingerprint density at radius 1 is 1.36 bits per heavy atom. The Morgan fingerprint density at radius 2 is 2.00 bits per heavy atom. The molecule has 2 nitrogen and oxygen atoms in total. The van der Waals surface area contributed by atoms with Crippen molar-refractivity contribution in [2.45, 2.75) is 52.5 Å². The first-order valence-corrected chi connectivity index (χ1v) is 6.06. The number of hydrogen-bond acceptors (Lipinski definition) is 1. The van der Waals surface area contributed by atoms with Gasteiger partial charge >= 0.3 is 0 Å². The minimum atomic E-state index is 0.270. The van der Waals surface area contributed by atoms with E-state index in [2.05, 4.69) is 13.8 Å².